The summed E-state index contributed by atoms with van der Waals surface area (Å²) < 4.78 is 51.5. The Kier molecular flexibility index (Phi) is 14.8. The van der Waals surface area contributed by atoms with E-state index in [0.717, 1.165) is 27.8 Å². The summed E-state index contributed by atoms with van der Waals surface area (Å²) in [6.07, 6.45) is -7.94. The Bertz CT molecular complexity index is 1820. The number of benzene rings is 5. The summed E-state index contributed by atoms with van der Waals surface area (Å²) in [6, 6.07) is 49.0. The fourth-order valence-corrected chi connectivity index (χ4v) is 6.97. The maximum absolute atomic E-state index is 11.3. The fraction of sp³-hybridized carbons (Fsp3) is 0.348. The van der Waals surface area contributed by atoms with Gasteiger partial charge >= 0.3 is 0 Å². The van der Waals surface area contributed by atoms with Crippen LogP contribution in [0.15, 0.2) is 152 Å². The number of ether oxygens (including phenoxy) is 8. The van der Waals surface area contributed by atoms with Crippen molar-refractivity contribution in [2.45, 2.75) is 88.3 Å². The van der Waals surface area contributed by atoms with Crippen molar-refractivity contribution < 1.29 is 48.1 Å². The van der Waals surface area contributed by atoms with E-state index in [9.17, 15) is 10.2 Å². The molecule has 2 heterocycles. The molecule has 0 unspecified atom stereocenters. The second-order valence-electron chi connectivity index (χ2n) is 13.9. The second-order valence-corrected chi connectivity index (χ2v) is 13.9. The van der Waals surface area contributed by atoms with Crippen molar-refractivity contribution in [1.82, 2.24) is 0 Å². The topological polar surface area (TPSA) is 114 Å². The molecule has 2 aliphatic heterocycles. The van der Waals surface area contributed by atoms with Crippen LogP contribution in [0.5, 0.6) is 0 Å². The molecule has 7 rings (SSSR count). The Morgan fingerprint density at radius 2 is 0.857 bits per heavy atom. The summed E-state index contributed by atoms with van der Waals surface area (Å²) >= 11 is 0. The molecule has 0 spiro atoms. The third-order valence-electron chi connectivity index (χ3n) is 9.88. The van der Waals surface area contributed by atoms with Gasteiger partial charge in [0.25, 0.3) is 0 Å². The number of rotatable bonds is 20. The first-order valence-corrected chi connectivity index (χ1v) is 19.1. The zero-order valence-electron chi connectivity index (χ0n) is 31.2. The van der Waals surface area contributed by atoms with Crippen LogP contribution in [0.2, 0.25) is 0 Å². The van der Waals surface area contributed by atoms with Crippen molar-refractivity contribution in [3.05, 3.63) is 179 Å². The van der Waals surface area contributed by atoms with Gasteiger partial charge in [0.2, 0.25) is 0 Å². The minimum atomic E-state index is -1.35. The van der Waals surface area contributed by atoms with Crippen molar-refractivity contribution in [3.8, 4) is 0 Å². The highest BCUT2D eigenvalue weighted by molar-refractivity contribution is 5.17. The maximum Gasteiger partial charge on any atom is 0.187 e. The molecular formula is C46H50O10. The van der Waals surface area contributed by atoms with Gasteiger partial charge in [0, 0.05) is 0 Å². The first kappa shape index (κ1) is 39.9. The van der Waals surface area contributed by atoms with Crippen LogP contribution in [-0.4, -0.2) is 78.7 Å². The predicted molar refractivity (Wildman–Crippen MR) is 208 cm³/mol. The second kappa shape index (κ2) is 20.7. The van der Waals surface area contributed by atoms with E-state index in [0.29, 0.717) is 13.2 Å². The van der Waals surface area contributed by atoms with E-state index in [1.165, 1.54) is 0 Å². The molecule has 2 fully saturated rings. The molecule has 0 amide bonds. The monoisotopic (exact) mass is 762 g/mol. The first-order valence-electron chi connectivity index (χ1n) is 19.1. The van der Waals surface area contributed by atoms with Gasteiger partial charge in [-0.3, -0.25) is 0 Å². The van der Waals surface area contributed by atoms with Crippen LogP contribution in [-0.2, 0) is 70.9 Å². The van der Waals surface area contributed by atoms with Crippen LogP contribution < -0.4 is 0 Å². The van der Waals surface area contributed by atoms with Gasteiger partial charge < -0.3 is 48.1 Å². The smallest absolute Gasteiger partial charge is 0.187 e. The molecule has 2 N–H and O–H groups in total. The lowest BCUT2D eigenvalue weighted by Crippen LogP contribution is -2.48. The van der Waals surface area contributed by atoms with Crippen LogP contribution in [0.1, 0.15) is 27.8 Å². The molecule has 10 nitrogen and oxygen atoms in total. The molecule has 294 valence electrons. The molecule has 0 aliphatic carbocycles. The molecule has 10 heteroatoms. The van der Waals surface area contributed by atoms with E-state index in [2.05, 4.69) is 0 Å². The molecule has 5 aromatic rings. The van der Waals surface area contributed by atoms with Gasteiger partial charge in [-0.2, -0.15) is 0 Å². The number of hydrogen-bond acceptors (Lipinski definition) is 10. The SMILES string of the molecule is OC[C@H](O[C@H]1O[C@H](COCc2ccccc2)[C@@H](OCc2ccccc2)[C@@H]1OCc1ccccc1)[C@@H]1O[C@@H](O)[C@H](OCc2ccccc2)[C@H]1OCc1ccccc1. The lowest BCUT2D eigenvalue weighted by atomic mass is 10.0. The first-order chi connectivity index (χ1) is 27.6. The van der Waals surface area contributed by atoms with E-state index >= 15 is 0 Å². The fourth-order valence-electron chi connectivity index (χ4n) is 6.97. The van der Waals surface area contributed by atoms with Crippen LogP contribution in [0.4, 0.5) is 0 Å². The molecular weight excluding hydrogens is 712 g/mol. The van der Waals surface area contributed by atoms with E-state index in [-0.39, 0.29) is 26.4 Å². The molecule has 9 atom stereocenters. The van der Waals surface area contributed by atoms with Gasteiger partial charge in [0.05, 0.1) is 46.2 Å². The van der Waals surface area contributed by atoms with Crippen molar-refractivity contribution in [3.63, 3.8) is 0 Å². The van der Waals surface area contributed by atoms with Gasteiger partial charge in [-0.05, 0) is 27.8 Å². The van der Waals surface area contributed by atoms with Crippen LogP contribution in [0.3, 0.4) is 0 Å². The van der Waals surface area contributed by atoms with Gasteiger partial charge in [0.15, 0.2) is 12.6 Å². The van der Waals surface area contributed by atoms with Crippen LogP contribution in [0, 0.1) is 0 Å². The Balaban J connectivity index is 1.13. The van der Waals surface area contributed by atoms with E-state index in [1.807, 2.05) is 152 Å². The van der Waals surface area contributed by atoms with Gasteiger partial charge in [-0.15, -0.1) is 0 Å². The summed E-state index contributed by atoms with van der Waals surface area (Å²) in [4.78, 5) is 0. The summed E-state index contributed by atoms with van der Waals surface area (Å²) in [5, 5.41) is 22.2. The largest absolute Gasteiger partial charge is 0.394 e. The van der Waals surface area contributed by atoms with Crippen LogP contribution >= 0.6 is 0 Å². The normalized spacial score (nSPS) is 25.3. The molecule has 0 bridgehead atoms. The Labute approximate surface area is 328 Å². The highest BCUT2D eigenvalue weighted by Gasteiger charge is 2.53. The van der Waals surface area contributed by atoms with Crippen molar-refractivity contribution in [1.29, 1.82) is 0 Å². The number of aliphatic hydroxyl groups excluding tert-OH is 2. The summed E-state index contributed by atoms with van der Waals surface area (Å²) in [5.74, 6) is 0. The minimum absolute atomic E-state index is 0.194. The number of aliphatic hydroxyl groups is 2. The average molecular weight is 763 g/mol. The molecule has 2 saturated heterocycles. The quantitative estimate of drug-likeness (QED) is 0.0929. The van der Waals surface area contributed by atoms with Crippen molar-refractivity contribution in [2.75, 3.05) is 13.2 Å². The van der Waals surface area contributed by atoms with Crippen molar-refractivity contribution in [2.24, 2.45) is 0 Å². The summed E-state index contributed by atoms with van der Waals surface area (Å²) in [6.45, 7) is 1.12. The Morgan fingerprint density at radius 3 is 1.30 bits per heavy atom. The third kappa shape index (κ3) is 11.0. The average Bonchev–Trinajstić information content (AvgIpc) is 3.75. The molecule has 0 radical (unpaired) electrons. The highest BCUT2D eigenvalue weighted by Crippen LogP contribution is 2.35. The summed E-state index contributed by atoms with van der Waals surface area (Å²) in [5.41, 5.74) is 4.84. The number of hydrogen-bond donors (Lipinski definition) is 2. The zero-order valence-corrected chi connectivity index (χ0v) is 31.2. The molecule has 56 heavy (non-hydrogen) atoms. The zero-order chi connectivity index (χ0) is 38.4. The van der Waals surface area contributed by atoms with Crippen molar-refractivity contribution >= 4 is 0 Å². The van der Waals surface area contributed by atoms with E-state index < -0.39 is 61.9 Å². The van der Waals surface area contributed by atoms with Gasteiger partial charge in [-0.25, -0.2) is 0 Å². The lowest BCUT2D eigenvalue weighted by molar-refractivity contribution is -0.244. The molecule has 5 aromatic carbocycles. The predicted octanol–water partition coefficient (Wildman–Crippen LogP) is 6.36. The third-order valence-corrected chi connectivity index (χ3v) is 9.88. The highest BCUT2D eigenvalue weighted by atomic mass is 16.8. The molecule has 0 aromatic heterocycles. The van der Waals surface area contributed by atoms with Crippen LogP contribution in [0.25, 0.3) is 0 Å². The Hall–Kier alpha value is -4.30. The maximum atomic E-state index is 11.3. The van der Waals surface area contributed by atoms with E-state index in [4.69, 9.17) is 37.9 Å². The summed E-state index contributed by atoms with van der Waals surface area (Å²) in [7, 11) is 0. The van der Waals surface area contributed by atoms with Gasteiger partial charge in [-0.1, -0.05) is 152 Å². The van der Waals surface area contributed by atoms with Gasteiger partial charge in [0.1, 0.15) is 42.7 Å². The minimum Gasteiger partial charge on any atom is -0.394 e. The standard InChI is InChI=1S/C46H50O10/c47-26-38(41-42(51-29-35-20-10-3-11-21-35)43(45(48)56-41)52-30-36-22-12-4-13-23-36)54-46-44(53-31-37-24-14-5-15-25-37)40(50-28-34-18-8-2-9-19-34)39(55-46)32-49-27-33-16-6-1-7-17-33/h1-25,38-48H,26-32H2/t38-,39+,40+,41-,42-,43+,44-,45+,46-/m0/s1. The Morgan fingerprint density at radius 1 is 0.464 bits per heavy atom. The molecule has 0 saturated carbocycles. The van der Waals surface area contributed by atoms with E-state index in [1.54, 1.807) is 0 Å². The molecule has 2 aliphatic rings. The lowest BCUT2D eigenvalue weighted by Gasteiger charge is -2.31.